The largest absolute Gasteiger partial charge is 0.354 e. The van der Waals surface area contributed by atoms with E-state index in [-0.39, 0.29) is 0 Å². The van der Waals surface area contributed by atoms with Crippen LogP contribution in [0.25, 0.3) is 0 Å². The van der Waals surface area contributed by atoms with Crippen LogP contribution in [0.5, 0.6) is 0 Å². The maximum absolute atomic E-state index is 11.6. The molecule has 0 aliphatic carbocycles. The molecule has 128 valence electrons. The lowest BCUT2D eigenvalue weighted by Gasteiger charge is -2.35. The van der Waals surface area contributed by atoms with Crippen LogP contribution in [0.2, 0.25) is 0 Å². The van der Waals surface area contributed by atoms with Crippen LogP contribution in [0, 0.1) is 0 Å². The lowest BCUT2D eigenvalue weighted by molar-refractivity contribution is 0.312. The van der Waals surface area contributed by atoms with Gasteiger partial charge in [0.1, 0.15) is 18.0 Å². The fraction of sp³-hybridized carbons (Fsp3) is 0.714. The molecule has 9 heteroatoms. The zero-order chi connectivity index (χ0) is 16.4. The molecule has 23 heavy (non-hydrogen) atoms. The second-order valence-electron chi connectivity index (χ2n) is 6.17. The lowest BCUT2D eigenvalue weighted by Crippen LogP contribution is -2.48. The molecule has 1 aromatic heterocycles. The van der Waals surface area contributed by atoms with E-state index in [1.165, 1.54) is 10.6 Å². The first-order chi connectivity index (χ1) is 10.9. The number of piperazine rings is 2. The molecule has 0 bridgehead atoms. The van der Waals surface area contributed by atoms with Gasteiger partial charge in [-0.1, -0.05) is 0 Å². The molecule has 0 radical (unpaired) electrons. The van der Waals surface area contributed by atoms with Gasteiger partial charge in [-0.15, -0.1) is 0 Å². The molecule has 2 aliphatic heterocycles. The third-order valence-corrected chi connectivity index (χ3v) is 5.80. The highest BCUT2D eigenvalue weighted by molar-refractivity contribution is 7.88. The van der Waals surface area contributed by atoms with E-state index in [1.54, 1.807) is 6.33 Å². The Bertz CT molecular complexity index is 636. The predicted octanol–water partition coefficient (Wildman–Crippen LogP) is -0.690. The molecule has 0 atom stereocenters. The monoisotopic (exact) mass is 340 g/mol. The van der Waals surface area contributed by atoms with Crippen LogP contribution >= 0.6 is 0 Å². The fourth-order valence-corrected chi connectivity index (χ4v) is 3.79. The van der Waals surface area contributed by atoms with E-state index in [2.05, 4.69) is 31.7 Å². The van der Waals surface area contributed by atoms with Crippen molar-refractivity contribution < 1.29 is 8.42 Å². The van der Waals surface area contributed by atoms with Gasteiger partial charge in [-0.3, -0.25) is 0 Å². The third-order valence-electron chi connectivity index (χ3n) is 4.50. The Kier molecular flexibility index (Phi) is 4.69. The van der Waals surface area contributed by atoms with Crippen molar-refractivity contribution in [3.8, 4) is 0 Å². The highest BCUT2D eigenvalue weighted by Crippen LogP contribution is 2.20. The number of rotatable bonds is 3. The molecule has 3 rings (SSSR count). The maximum Gasteiger partial charge on any atom is 0.211 e. The normalized spacial score (nSPS) is 21.7. The minimum atomic E-state index is -3.10. The van der Waals surface area contributed by atoms with Gasteiger partial charge < -0.3 is 14.7 Å². The van der Waals surface area contributed by atoms with E-state index in [1.807, 2.05) is 6.07 Å². The molecule has 0 unspecified atom stereocenters. The van der Waals surface area contributed by atoms with Crippen LogP contribution in [0.15, 0.2) is 12.4 Å². The Labute approximate surface area is 137 Å². The number of likely N-dealkylation sites (N-methyl/N-ethyl adjacent to an activating group) is 1. The molecular formula is C14H24N6O2S. The Morgan fingerprint density at radius 1 is 0.870 bits per heavy atom. The summed E-state index contributed by atoms with van der Waals surface area (Å²) in [5.74, 6) is 1.83. The lowest BCUT2D eigenvalue weighted by atomic mass is 10.3. The van der Waals surface area contributed by atoms with Crippen molar-refractivity contribution in [2.24, 2.45) is 0 Å². The molecule has 0 saturated carbocycles. The highest BCUT2D eigenvalue weighted by atomic mass is 32.2. The first kappa shape index (κ1) is 16.4. The van der Waals surface area contributed by atoms with Crippen molar-refractivity contribution in [2.75, 3.05) is 75.5 Å². The van der Waals surface area contributed by atoms with Crippen LogP contribution in [-0.2, 0) is 10.0 Å². The topological polar surface area (TPSA) is 72.9 Å². The van der Waals surface area contributed by atoms with Crippen LogP contribution in [0.4, 0.5) is 11.6 Å². The molecule has 0 N–H and O–H groups in total. The highest BCUT2D eigenvalue weighted by Gasteiger charge is 2.24. The molecule has 8 nitrogen and oxygen atoms in total. The summed E-state index contributed by atoms with van der Waals surface area (Å²) in [6.45, 7) is 6.33. The van der Waals surface area contributed by atoms with E-state index in [4.69, 9.17) is 0 Å². The molecule has 0 aromatic carbocycles. The first-order valence-corrected chi connectivity index (χ1v) is 9.74. The summed E-state index contributed by atoms with van der Waals surface area (Å²) >= 11 is 0. The second kappa shape index (κ2) is 6.58. The quantitative estimate of drug-likeness (QED) is 0.721. The minimum absolute atomic E-state index is 0.507. The maximum atomic E-state index is 11.6. The van der Waals surface area contributed by atoms with Crippen LogP contribution < -0.4 is 9.80 Å². The summed E-state index contributed by atoms with van der Waals surface area (Å²) in [4.78, 5) is 15.5. The fourth-order valence-electron chi connectivity index (χ4n) is 2.97. The number of aromatic nitrogens is 2. The van der Waals surface area contributed by atoms with Crippen LogP contribution in [0.3, 0.4) is 0 Å². The molecular weight excluding hydrogens is 316 g/mol. The van der Waals surface area contributed by atoms with Crippen LogP contribution in [0.1, 0.15) is 0 Å². The van der Waals surface area contributed by atoms with Crippen molar-refractivity contribution >= 4 is 21.7 Å². The number of sulfonamides is 1. The van der Waals surface area contributed by atoms with E-state index >= 15 is 0 Å². The standard InChI is InChI=1S/C14H24N6O2S/c1-17-3-5-18(6-4-17)13-11-14(16-12-15-13)19-7-9-20(10-8-19)23(2,21)22/h11-12H,3-10H2,1-2H3. The molecule has 1 aromatic rings. The third kappa shape index (κ3) is 3.91. The number of nitrogens with zero attached hydrogens (tertiary/aromatic N) is 6. The van der Waals surface area contributed by atoms with E-state index in [9.17, 15) is 8.42 Å². The molecule has 0 spiro atoms. The SMILES string of the molecule is CN1CCN(c2cc(N3CCN(S(C)(=O)=O)CC3)ncn2)CC1. The number of hydrogen-bond acceptors (Lipinski definition) is 7. The zero-order valence-electron chi connectivity index (χ0n) is 13.7. The number of anilines is 2. The summed E-state index contributed by atoms with van der Waals surface area (Å²) in [7, 11) is -0.972. The van der Waals surface area contributed by atoms with E-state index < -0.39 is 10.0 Å². The van der Waals surface area contributed by atoms with Crippen molar-refractivity contribution in [1.82, 2.24) is 19.2 Å². The minimum Gasteiger partial charge on any atom is -0.354 e. The smallest absolute Gasteiger partial charge is 0.211 e. The molecule has 2 aliphatic rings. The van der Waals surface area contributed by atoms with E-state index in [0.717, 1.165) is 37.8 Å². The van der Waals surface area contributed by atoms with Crippen molar-refractivity contribution in [3.05, 3.63) is 12.4 Å². The Balaban J connectivity index is 1.66. The van der Waals surface area contributed by atoms with Crippen molar-refractivity contribution in [2.45, 2.75) is 0 Å². The van der Waals surface area contributed by atoms with E-state index in [0.29, 0.717) is 26.2 Å². The molecule has 2 saturated heterocycles. The zero-order valence-corrected chi connectivity index (χ0v) is 14.5. The van der Waals surface area contributed by atoms with Gasteiger partial charge in [-0.2, -0.15) is 4.31 Å². The summed E-state index contributed by atoms with van der Waals surface area (Å²) in [6.07, 6.45) is 2.87. The van der Waals surface area contributed by atoms with Gasteiger partial charge in [0.25, 0.3) is 0 Å². The first-order valence-electron chi connectivity index (χ1n) is 7.89. The van der Waals surface area contributed by atoms with Gasteiger partial charge in [0.15, 0.2) is 0 Å². The summed E-state index contributed by atoms with van der Waals surface area (Å²) < 4.78 is 24.7. The Hall–Kier alpha value is -1.45. The van der Waals surface area contributed by atoms with Crippen LogP contribution in [-0.4, -0.2) is 93.3 Å². The summed E-state index contributed by atoms with van der Waals surface area (Å²) in [5, 5.41) is 0. The second-order valence-corrected chi connectivity index (χ2v) is 8.16. The Morgan fingerprint density at radius 3 is 1.83 bits per heavy atom. The predicted molar refractivity (Wildman–Crippen MR) is 90.4 cm³/mol. The average molecular weight is 340 g/mol. The van der Waals surface area contributed by atoms with Gasteiger partial charge in [-0.25, -0.2) is 18.4 Å². The van der Waals surface area contributed by atoms with Gasteiger partial charge in [0.2, 0.25) is 10.0 Å². The van der Waals surface area contributed by atoms with Gasteiger partial charge in [0, 0.05) is 58.4 Å². The number of hydrogen-bond donors (Lipinski definition) is 0. The molecule has 3 heterocycles. The summed E-state index contributed by atoms with van der Waals surface area (Å²) in [6, 6.07) is 2.02. The summed E-state index contributed by atoms with van der Waals surface area (Å²) in [5.41, 5.74) is 0. The van der Waals surface area contributed by atoms with Crippen molar-refractivity contribution in [1.29, 1.82) is 0 Å². The van der Waals surface area contributed by atoms with Gasteiger partial charge in [0.05, 0.1) is 6.26 Å². The molecule has 2 fully saturated rings. The van der Waals surface area contributed by atoms with Gasteiger partial charge >= 0.3 is 0 Å². The van der Waals surface area contributed by atoms with Crippen molar-refractivity contribution in [3.63, 3.8) is 0 Å². The Morgan fingerprint density at radius 2 is 1.35 bits per heavy atom. The van der Waals surface area contributed by atoms with Gasteiger partial charge in [-0.05, 0) is 7.05 Å². The molecule has 0 amide bonds. The average Bonchev–Trinajstić information content (AvgIpc) is 2.55.